The highest BCUT2D eigenvalue weighted by atomic mass is 16.5. The maximum atomic E-state index is 10.8. The molecule has 0 fully saturated rings. The molecule has 8 heteroatoms. The van der Waals surface area contributed by atoms with Gasteiger partial charge >= 0.3 is 0 Å². The van der Waals surface area contributed by atoms with Crippen LogP contribution in [-0.4, -0.2) is 50.1 Å². The van der Waals surface area contributed by atoms with Crippen molar-refractivity contribution < 1.29 is 9.84 Å². The molecule has 6 rings (SSSR count). The Morgan fingerprint density at radius 2 is 1.98 bits per heavy atom. The second kappa shape index (κ2) is 11.2. The second-order valence-corrected chi connectivity index (χ2v) is 12.6. The maximum Gasteiger partial charge on any atom is 0.124 e. The average Bonchev–Trinajstić information content (AvgIpc) is 3.26. The summed E-state index contributed by atoms with van der Waals surface area (Å²) in [7, 11) is 1.90. The smallest absolute Gasteiger partial charge is 0.124 e. The zero-order valence-electron chi connectivity index (χ0n) is 25.3. The van der Waals surface area contributed by atoms with Crippen LogP contribution in [0.1, 0.15) is 72.9 Å². The first-order valence-corrected chi connectivity index (χ1v) is 15.0. The van der Waals surface area contributed by atoms with Crippen molar-refractivity contribution in [2.75, 3.05) is 6.54 Å². The number of aliphatic hydroxyl groups is 1. The van der Waals surface area contributed by atoms with Gasteiger partial charge in [0.1, 0.15) is 23.6 Å². The minimum Gasteiger partial charge on any atom is -0.489 e. The van der Waals surface area contributed by atoms with E-state index >= 15 is 0 Å². The van der Waals surface area contributed by atoms with E-state index in [0.29, 0.717) is 0 Å². The van der Waals surface area contributed by atoms with Gasteiger partial charge in [0, 0.05) is 49.8 Å². The fraction of sp³-hybridized carbons (Fsp3) is 0.441. The molecule has 4 aromatic rings. The lowest BCUT2D eigenvalue weighted by Crippen LogP contribution is -2.42. The van der Waals surface area contributed by atoms with E-state index in [9.17, 15) is 5.11 Å². The molecule has 3 atom stereocenters. The van der Waals surface area contributed by atoms with Crippen molar-refractivity contribution in [3.05, 3.63) is 81.9 Å². The van der Waals surface area contributed by atoms with Crippen LogP contribution in [0.15, 0.2) is 53.5 Å². The summed E-state index contributed by atoms with van der Waals surface area (Å²) in [6.45, 7) is 10.8. The first kappa shape index (κ1) is 28.5. The Morgan fingerprint density at radius 3 is 2.76 bits per heavy atom. The molecule has 0 radical (unpaired) electrons. The zero-order valence-corrected chi connectivity index (χ0v) is 25.3. The minimum atomic E-state index is -1.01. The Balaban J connectivity index is 1.35. The Morgan fingerprint density at radius 1 is 1.14 bits per heavy atom. The Bertz CT molecular complexity index is 1640. The Kier molecular flexibility index (Phi) is 7.64. The predicted octanol–water partition coefficient (Wildman–Crippen LogP) is 5.53. The van der Waals surface area contributed by atoms with E-state index < -0.39 is 11.6 Å². The molecule has 0 saturated carbocycles. The van der Waals surface area contributed by atoms with Crippen molar-refractivity contribution in [3.8, 4) is 5.75 Å². The van der Waals surface area contributed by atoms with E-state index in [0.717, 1.165) is 78.1 Å². The van der Waals surface area contributed by atoms with E-state index in [1.807, 2.05) is 27.1 Å². The molecule has 220 valence electrons. The number of rotatable bonds is 7. The summed E-state index contributed by atoms with van der Waals surface area (Å²) in [6.07, 6.45) is 4.07. The van der Waals surface area contributed by atoms with Gasteiger partial charge in [0.2, 0.25) is 0 Å². The number of benzene rings is 3. The quantitative estimate of drug-likeness (QED) is 0.285. The number of hydrogen-bond donors (Lipinski definition) is 2. The van der Waals surface area contributed by atoms with Crippen molar-refractivity contribution >= 4 is 22.9 Å². The van der Waals surface area contributed by atoms with Gasteiger partial charge in [0.05, 0.1) is 11.2 Å². The van der Waals surface area contributed by atoms with Crippen LogP contribution in [0, 0.1) is 12.3 Å². The molecular weight excluding hydrogens is 524 g/mol. The van der Waals surface area contributed by atoms with Gasteiger partial charge < -0.3 is 15.6 Å². The lowest BCUT2D eigenvalue weighted by molar-refractivity contribution is 0.0437. The number of ether oxygens (including phenoxy) is 1. The van der Waals surface area contributed by atoms with Gasteiger partial charge in [0.25, 0.3) is 0 Å². The molecule has 0 aliphatic carbocycles. The number of aryl methyl sites for hydroxylation is 3. The molecule has 0 saturated heterocycles. The number of aliphatic hydroxyl groups excluding tert-OH is 1. The van der Waals surface area contributed by atoms with Crippen LogP contribution in [0.3, 0.4) is 0 Å². The van der Waals surface area contributed by atoms with E-state index in [4.69, 9.17) is 10.5 Å². The summed E-state index contributed by atoms with van der Waals surface area (Å²) in [5, 5.41) is 19.5. The molecule has 0 spiro atoms. The highest BCUT2D eigenvalue weighted by Crippen LogP contribution is 2.45. The summed E-state index contributed by atoms with van der Waals surface area (Å²) >= 11 is 0. The number of hydrogen-bond acceptors (Lipinski definition) is 7. The second-order valence-electron chi connectivity index (χ2n) is 12.6. The normalized spacial score (nSPS) is 18.7. The van der Waals surface area contributed by atoms with Crippen LogP contribution in [0.4, 0.5) is 5.69 Å². The minimum absolute atomic E-state index is 0.125. The van der Waals surface area contributed by atoms with Crippen LogP contribution < -0.4 is 10.5 Å². The molecule has 0 bridgehead atoms. The maximum absolute atomic E-state index is 10.8. The van der Waals surface area contributed by atoms with E-state index in [-0.39, 0.29) is 12.0 Å². The Labute approximate surface area is 248 Å². The summed E-state index contributed by atoms with van der Waals surface area (Å²) in [6, 6.07) is 17.4. The van der Waals surface area contributed by atoms with Crippen molar-refractivity contribution in [1.82, 2.24) is 19.9 Å². The molecule has 3 heterocycles. The van der Waals surface area contributed by atoms with Crippen molar-refractivity contribution in [3.63, 3.8) is 0 Å². The van der Waals surface area contributed by atoms with Gasteiger partial charge in [-0.05, 0) is 72.2 Å². The molecule has 1 aromatic heterocycles. The largest absolute Gasteiger partial charge is 0.489 e. The molecule has 3 N–H and O–H groups in total. The highest BCUT2D eigenvalue weighted by Gasteiger charge is 2.38. The van der Waals surface area contributed by atoms with Crippen LogP contribution in [0.5, 0.6) is 5.75 Å². The van der Waals surface area contributed by atoms with E-state index in [2.05, 4.69) is 82.6 Å². The van der Waals surface area contributed by atoms with Crippen molar-refractivity contribution in [2.45, 2.75) is 78.3 Å². The van der Waals surface area contributed by atoms with Crippen molar-refractivity contribution in [1.29, 1.82) is 0 Å². The number of aliphatic imine (C=N–C) groups is 1. The molecule has 2 aliphatic heterocycles. The van der Waals surface area contributed by atoms with Crippen LogP contribution in [0.25, 0.3) is 11.0 Å². The lowest BCUT2D eigenvalue weighted by atomic mass is 9.69. The lowest BCUT2D eigenvalue weighted by Gasteiger charge is -2.38. The van der Waals surface area contributed by atoms with Gasteiger partial charge in [-0.1, -0.05) is 56.3 Å². The van der Waals surface area contributed by atoms with Gasteiger partial charge in [-0.25, -0.2) is 4.68 Å². The van der Waals surface area contributed by atoms with E-state index in [1.165, 1.54) is 16.7 Å². The first-order chi connectivity index (χ1) is 20.2. The summed E-state index contributed by atoms with van der Waals surface area (Å²) in [4.78, 5) is 7.14. The molecular formula is C34H42N6O2. The fourth-order valence-corrected chi connectivity index (χ4v) is 6.60. The topological polar surface area (TPSA) is 102 Å². The molecule has 0 amide bonds. The van der Waals surface area contributed by atoms with E-state index in [1.54, 1.807) is 4.68 Å². The molecule has 1 unspecified atom stereocenters. The average molecular weight is 567 g/mol. The number of fused-ring (bicyclic) bond motifs is 3. The summed E-state index contributed by atoms with van der Waals surface area (Å²) < 4.78 is 8.32. The van der Waals surface area contributed by atoms with Gasteiger partial charge in [-0.3, -0.25) is 9.89 Å². The summed E-state index contributed by atoms with van der Waals surface area (Å²) in [5.41, 5.74) is 15.5. The van der Waals surface area contributed by atoms with Gasteiger partial charge in [-0.2, -0.15) is 0 Å². The standard InChI is InChI=1S/C34H42N6O2/c1-6-26-20-40(19-25-16-28-23(11-8-14-36-28)17-30(25)42-26)18-22-9-7-10-24(15-22)31(34(3,4)33(35)41)27-12-13-29-32(21(27)2)37-38-39(29)5/h7,9-10,12-17,26,31,33,41H,6,8,11,18-20,35H2,1-5H3/t26-,31?,33-/m1/s1. The van der Waals surface area contributed by atoms with Crippen LogP contribution in [-0.2, 0) is 26.6 Å². The SMILES string of the molecule is CC[C@@H]1CN(Cc2cccc(C(c3ccc4c(nnn4C)c3C)C(C)(C)[C@H](N)O)c2)Cc2cc3c(cc2O1)CCC=N3. The number of nitrogens with two attached hydrogens (primary N) is 1. The fourth-order valence-electron chi connectivity index (χ4n) is 6.60. The first-order valence-electron chi connectivity index (χ1n) is 15.0. The molecule has 8 nitrogen and oxygen atoms in total. The number of aromatic nitrogens is 3. The zero-order chi connectivity index (χ0) is 29.6. The Hall–Kier alpha value is -3.59. The van der Waals surface area contributed by atoms with Gasteiger partial charge in [-0.15, -0.1) is 5.10 Å². The van der Waals surface area contributed by atoms with Gasteiger partial charge in [0.15, 0.2) is 0 Å². The van der Waals surface area contributed by atoms with Crippen LogP contribution in [0.2, 0.25) is 0 Å². The monoisotopic (exact) mass is 566 g/mol. The predicted molar refractivity (Wildman–Crippen MR) is 167 cm³/mol. The molecule has 3 aromatic carbocycles. The number of nitrogens with zero attached hydrogens (tertiary/aromatic N) is 5. The third-order valence-corrected chi connectivity index (χ3v) is 9.23. The molecule has 42 heavy (non-hydrogen) atoms. The van der Waals surface area contributed by atoms with Crippen LogP contribution >= 0.6 is 0 Å². The van der Waals surface area contributed by atoms with Crippen molar-refractivity contribution in [2.24, 2.45) is 23.2 Å². The third-order valence-electron chi connectivity index (χ3n) is 9.23. The third kappa shape index (κ3) is 5.23. The summed E-state index contributed by atoms with van der Waals surface area (Å²) in [5.74, 6) is 0.854. The molecule has 2 aliphatic rings. The highest BCUT2D eigenvalue weighted by molar-refractivity contribution is 5.79.